The number of aliphatic carboxylic acids is 1. The van der Waals surface area contributed by atoms with Crippen LogP contribution < -0.4 is 5.32 Å². The molecule has 2 N–H and O–H groups in total. The summed E-state index contributed by atoms with van der Waals surface area (Å²) in [6, 6.07) is -2.49. The van der Waals surface area contributed by atoms with Gasteiger partial charge in [0.05, 0.1) is 20.3 Å². The van der Waals surface area contributed by atoms with Gasteiger partial charge in [0.1, 0.15) is 6.04 Å². The Kier molecular flexibility index (Phi) is 4.90. The molecule has 1 aliphatic heterocycles. The summed E-state index contributed by atoms with van der Waals surface area (Å²) in [5.41, 5.74) is 0. The second-order valence-electron chi connectivity index (χ2n) is 3.82. The Morgan fingerprint density at radius 3 is 2.72 bits per heavy atom. The topological polar surface area (TPSA) is 105 Å². The first kappa shape index (κ1) is 14.2. The van der Waals surface area contributed by atoms with Crippen molar-refractivity contribution in [3.8, 4) is 0 Å². The number of urea groups is 1. The Labute approximate surface area is 104 Å². The van der Waals surface area contributed by atoms with Crippen LogP contribution in [0.5, 0.6) is 0 Å². The first-order valence-corrected chi connectivity index (χ1v) is 5.43. The lowest BCUT2D eigenvalue weighted by Crippen LogP contribution is -2.57. The number of nitrogens with one attached hydrogen (secondary N) is 1. The summed E-state index contributed by atoms with van der Waals surface area (Å²) < 4.78 is 9.66. The van der Waals surface area contributed by atoms with Gasteiger partial charge < -0.3 is 24.8 Å². The molecule has 1 aliphatic rings. The number of rotatable bonds is 3. The lowest BCUT2D eigenvalue weighted by molar-refractivity contribution is -0.151. The smallest absolute Gasteiger partial charge is 0.331 e. The van der Waals surface area contributed by atoms with Crippen LogP contribution in [0.1, 0.15) is 6.92 Å². The van der Waals surface area contributed by atoms with E-state index in [0.29, 0.717) is 6.61 Å². The van der Waals surface area contributed by atoms with E-state index >= 15 is 0 Å². The number of hydrogen-bond donors (Lipinski definition) is 2. The van der Waals surface area contributed by atoms with Crippen molar-refractivity contribution in [3.05, 3.63) is 0 Å². The Balaban J connectivity index is 2.68. The zero-order valence-corrected chi connectivity index (χ0v) is 10.2. The normalized spacial score (nSPS) is 21.0. The molecule has 8 heteroatoms. The molecule has 0 aromatic heterocycles. The number of methoxy groups -OCH3 is 1. The van der Waals surface area contributed by atoms with Crippen molar-refractivity contribution < 1.29 is 29.0 Å². The molecule has 0 bridgehead atoms. The van der Waals surface area contributed by atoms with Crippen LogP contribution in [0, 0.1) is 0 Å². The molecular formula is C10H16N2O6. The standard InChI is InChI=1S/C10H16N2O6/c1-6(8(13)14)11-10(16)12-3-4-18-5-7(12)9(15)17-2/h6-7H,3-5H2,1-2H3,(H,11,16)(H,13,14). The van der Waals surface area contributed by atoms with Crippen LogP contribution in [-0.4, -0.2) is 66.9 Å². The molecule has 2 atom stereocenters. The molecule has 8 nitrogen and oxygen atoms in total. The van der Waals surface area contributed by atoms with Crippen LogP contribution in [0.25, 0.3) is 0 Å². The maximum atomic E-state index is 11.8. The van der Waals surface area contributed by atoms with Gasteiger partial charge in [-0.2, -0.15) is 0 Å². The third-order valence-corrected chi connectivity index (χ3v) is 2.57. The van der Waals surface area contributed by atoms with Crippen LogP contribution in [0.4, 0.5) is 4.79 Å². The zero-order chi connectivity index (χ0) is 13.7. The minimum Gasteiger partial charge on any atom is -0.480 e. The first-order chi connectivity index (χ1) is 8.47. The molecule has 0 aliphatic carbocycles. The number of hydrogen-bond acceptors (Lipinski definition) is 5. The maximum absolute atomic E-state index is 11.8. The van der Waals surface area contributed by atoms with Crippen LogP contribution in [0.3, 0.4) is 0 Å². The number of carboxylic acid groups (broad SMARTS) is 1. The van der Waals surface area contributed by atoms with Crippen LogP contribution in [-0.2, 0) is 19.1 Å². The predicted molar refractivity (Wildman–Crippen MR) is 59.0 cm³/mol. The maximum Gasteiger partial charge on any atom is 0.331 e. The first-order valence-electron chi connectivity index (χ1n) is 5.43. The van der Waals surface area contributed by atoms with Gasteiger partial charge in [-0.25, -0.2) is 9.59 Å². The van der Waals surface area contributed by atoms with Crippen molar-refractivity contribution in [1.82, 2.24) is 10.2 Å². The SMILES string of the molecule is COC(=O)C1COCCN1C(=O)NC(C)C(=O)O. The molecule has 0 spiro atoms. The summed E-state index contributed by atoms with van der Waals surface area (Å²) in [6.45, 7) is 1.88. The Morgan fingerprint density at radius 2 is 2.17 bits per heavy atom. The van der Waals surface area contributed by atoms with Gasteiger partial charge >= 0.3 is 18.0 Å². The van der Waals surface area contributed by atoms with Gasteiger partial charge in [0.2, 0.25) is 0 Å². The molecule has 102 valence electrons. The summed E-state index contributed by atoms with van der Waals surface area (Å²) in [5, 5.41) is 11.0. The molecule has 2 unspecified atom stereocenters. The van der Waals surface area contributed by atoms with Gasteiger partial charge in [-0.15, -0.1) is 0 Å². The summed E-state index contributed by atoms with van der Waals surface area (Å²) in [5.74, 6) is -1.74. The highest BCUT2D eigenvalue weighted by Gasteiger charge is 2.34. The highest BCUT2D eigenvalue weighted by Crippen LogP contribution is 2.09. The Morgan fingerprint density at radius 1 is 1.50 bits per heavy atom. The predicted octanol–water partition coefficient (Wildman–Crippen LogP) is -0.957. The van der Waals surface area contributed by atoms with Crippen molar-refractivity contribution in [3.63, 3.8) is 0 Å². The number of nitrogens with zero attached hydrogens (tertiary/aromatic N) is 1. The third-order valence-electron chi connectivity index (χ3n) is 2.57. The molecular weight excluding hydrogens is 244 g/mol. The number of morpholine rings is 1. The summed E-state index contributed by atoms with van der Waals surface area (Å²) in [7, 11) is 1.22. The highest BCUT2D eigenvalue weighted by atomic mass is 16.5. The van der Waals surface area contributed by atoms with Gasteiger partial charge in [-0.1, -0.05) is 0 Å². The molecule has 1 fully saturated rings. The molecule has 1 heterocycles. The van der Waals surface area contributed by atoms with E-state index < -0.39 is 30.1 Å². The molecule has 0 aromatic carbocycles. The van der Waals surface area contributed by atoms with Crippen LogP contribution >= 0.6 is 0 Å². The van der Waals surface area contributed by atoms with Crippen molar-refractivity contribution in [1.29, 1.82) is 0 Å². The van der Waals surface area contributed by atoms with E-state index in [1.807, 2.05) is 0 Å². The largest absolute Gasteiger partial charge is 0.480 e. The molecule has 1 saturated heterocycles. The van der Waals surface area contributed by atoms with Crippen LogP contribution in [0.2, 0.25) is 0 Å². The fourth-order valence-corrected chi connectivity index (χ4v) is 1.51. The van der Waals surface area contributed by atoms with Gasteiger partial charge in [0.15, 0.2) is 6.04 Å². The minimum atomic E-state index is -1.15. The molecule has 0 radical (unpaired) electrons. The quantitative estimate of drug-likeness (QED) is 0.633. The summed E-state index contributed by atoms with van der Waals surface area (Å²) in [4.78, 5) is 35.1. The lowest BCUT2D eigenvalue weighted by Gasteiger charge is -2.33. The molecule has 2 amide bonds. The number of amides is 2. The van der Waals surface area contributed by atoms with Crippen LogP contribution in [0.15, 0.2) is 0 Å². The molecule has 0 aromatic rings. The van der Waals surface area contributed by atoms with Crippen molar-refractivity contribution in [2.75, 3.05) is 26.9 Å². The monoisotopic (exact) mass is 260 g/mol. The number of carbonyl (C=O) groups excluding carboxylic acids is 2. The highest BCUT2D eigenvalue weighted by molar-refractivity contribution is 5.86. The Bertz CT molecular complexity index is 345. The van der Waals surface area contributed by atoms with E-state index in [2.05, 4.69) is 10.1 Å². The fourth-order valence-electron chi connectivity index (χ4n) is 1.51. The summed E-state index contributed by atoms with van der Waals surface area (Å²) >= 11 is 0. The second kappa shape index (κ2) is 6.20. The molecule has 0 saturated carbocycles. The average Bonchev–Trinajstić information content (AvgIpc) is 2.37. The molecule has 18 heavy (non-hydrogen) atoms. The van der Waals surface area contributed by atoms with Gasteiger partial charge in [0, 0.05) is 6.54 Å². The van der Waals surface area contributed by atoms with Crippen molar-refractivity contribution in [2.45, 2.75) is 19.0 Å². The third kappa shape index (κ3) is 3.33. The van der Waals surface area contributed by atoms with Crippen molar-refractivity contribution >= 4 is 18.0 Å². The van der Waals surface area contributed by atoms with E-state index in [1.54, 1.807) is 0 Å². The zero-order valence-electron chi connectivity index (χ0n) is 10.2. The van der Waals surface area contributed by atoms with E-state index in [1.165, 1.54) is 18.9 Å². The minimum absolute atomic E-state index is 0.0432. The fraction of sp³-hybridized carbons (Fsp3) is 0.700. The van der Waals surface area contributed by atoms with E-state index in [9.17, 15) is 14.4 Å². The number of carboxylic acids is 1. The number of ether oxygens (including phenoxy) is 2. The number of esters is 1. The van der Waals surface area contributed by atoms with Gasteiger partial charge in [-0.05, 0) is 6.92 Å². The Hall–Kier alpha value is -1.83. The van der Waals surface area contributed by atoms with E-state index in [0.717, 1.165) is 0 Å². The number of carbonyl (C=O) groups is 3. The average molecular weight is 260 g/mol. The molecule has 1 rings (SSSR count). The van der Waals surface area contributed by atoms with Crippen molar-refractivity contribution in [2.24, 2.45) is 0 Å². The van der Waals surface area contributed by atoms with E-state index in [4.69, 9.17) is 9.84 Å². The second-order valence-corrected chi connectivity index (χ2v) is 3.82. The van der Waals surface area contributed by atoms with Gasteiger partial charge in [-0.3, -0.25) is 4.79 Å². The van der Waals surface area contributed by atoms with Gasteiger partial charge in [0.25, 0.3) is 0 Å². The summed E-state index contributed by atoms with van der Waals surface area (Å²) in [6.07, 6.45) is 0. The lowest BCUT2D eigenvalue weighted by atomic mass is 10.2. The van der Waals surface area contributed by atoms with E-state index in [-0.39, 0.29) is 13.2 Å².